The lowest BCUT2D eigenvalue weighted by molar-refractivity contribution is 0.602. The minimum absolute atomic E-state index is 0.662. The molecular formula is C13H19N5. The van der Waals surface area contributed by atoms with Gasteiger partial charge in [0.15, 0.2) is 0 Å². The van der Waals surface area contributed by atoms with Crippen LogP contribution in [0.5, 0.6) is 0 Å². The molecule has 0 aliphatic rings. The lowest BCUT2D eigenvalue weighted by Crippen LogP contribution is -2.03. The van der Waals surface area contributed by atoms with Crippen LogP contribution < -0.4 is 5.32 Å². The second-order valence-corrected chi connectivity index (χ2v) is 4.23. The van der Waals surface area contributed by atoms with Crippen LogP contribution in [-0.4, -0.2) is 19.7 Å². The van der Waals surface area contributed by atoms with E-state index in [2.05, 4.69) is 40.4 Å². The van der Waals surface area contributed by atoms with Gasteiger partial charge in [-0.05, 0) is 18.4 Å². The summed E-state index contributed by atoms with van der Waals surface area (Å²) in [6.45, 7) is 5.90. The first-order valence-electron chi connectivity index (χ1n) is 6.38. The summed E-state index contributed by atoms with van der Waals surface area (Å²) in [5.41, 5.74) is 2.29. The zero-order chi connectivity index (χ0) is 12.8. The predicted molar refractivity (Wildman–Crippen MR) is 71.3 cm³/mol. The summed E-state index contributed by atoms with van der Waals surface area (Å²) in [4.78, 5) is 8.52. The van der Waals surface area contributed by atoms with Gasteiger partial charge in [-0.15, -0.1) is 0 Å². The minimum Gasteiger partial charge on any atom is -0.350 e. The molecule has 2 aromatic heterocycles. The third-order valence-electron chi connectivity index (χ3n) is 2.70. The molecule has 0 aromatic carbocycles. The van der Waals surface area contributed by atoms with Gasteiger partial charge in [-0.1, -0.05) is 13.8 Å². The molecule has 0 aliphatic carbocycles. The summed E-state index contributed by atoms with van der Waals surface area (Å²) >= 11 is 0. The van der Waals surface area contributed by atoms with Crippen LogP contribution in [0.3, 0.4) is 0 Å². The molecule has 5 heteroatoms. The van der Waals surface area contributed by atoms with Crippen LogP contribution in [0.4, 0.5) is 5.95 Å². The second kappa shape index (κ2) is 6.14. The average molecular weight is 245 g/mol. The Morgan fingerprint density at radius 3 is 2.56 bits per heavy atom. The molecule has 0 aliphatic heterocycles. The number of aryl methyl sites for hydroxylation is 2. The summed E-state index contributed by atoms with van der Waals surface area (Å²) in [7, 11) is 0. The number of rotatable bonds is 6. The third-order valence-corrected chi connectivity index (χ3v) is 2.70. The number of aromatic nitrogens is 4. The highest BCUT2D eigenvalue weighted by Gasteiger charge is 2.00. The van der Waals surface area contributed by atoms with Crippen molar-refractivity contribution in [2.75, 3.05) is 5.32 Å². The second-order valence-electron chi connectivity index (χ2n) is 4.23. The molecule has 2 rings (SSSR count). The van der Waals surface area contributed by atoms with E-state index in [9.17, 15) is 0 Å². The van der Waals surface area contributed by atoms with Crippen molar-refractivity contribution in [1.82, 2.24) is 19.7 Å². The summed E-state index contributed by atoms with van der Waals surface area (Å²) in [6.07, 6.45) is 9.70. The van der Waals surface area contributed by atoms with Crippen molar-refractivity contribution in [3.63, 3.8) is 0 Å². The van der Waals surface area contributed by atoms with Crippen molar-refractivity contribution in [3.05, 3.63) is 35.9 Å². The maximum atomic E-state index is 4.28. The van der Waals surface area contributed by atoms with E-state index in [1.54, 1.807) is 0 Å². The molecule has 0 spiro atoms. The molecule has 0 atom stereocenters. The Labute approximate surface area is 107 Å². The third kappa shape index (κ3) is 3.29. The van der Waals surface area contributed by atoms with Gasteiger partial charge in [0, 0.05) is 37.2 Å². The Bertz CT molecular complexity index is 474. The van der Waals surface area contributed by atoms with Gasteiger partial charge in [-0.3, -0.25) is 4.68 Å². The van der Waals surface area contributed by atoms with Gasteiger partial charge >= 0.3 is 0 Å². The summed E-state index contributed by atoms with van der Waals surface area (Å²) < 4.78 is 1.96. The van der Waals surface area contributed by atoms with Gasteiger partial charge < -0.3 is 5.32 Å². The number of anilines is 1. The predicted octanol–water partition coefficient (Wildman–Crippen LogP) is 2.26. The monoisotopic (exact) mass is 245 g/mol. The quantitative estimate of drug-likeness (QED) is 0.848. The Hall–Kier alpha value is -1.91. The summed E-state index contributed by atoms with van der Waals surface area (Å²) in [5, 5.41) is 7.47. The molecule has 2 aromatic rings. The zero-order valence-corrected chi connectivity index (χ0v) is 10.9. The lowest BCUT2D eigenvalue weighted by Gasteiger charge is -2.03. The summed E-state index contributed by atoms with van der Waals surface area (Å²) in [6, 6.07) is 0. The van der Waals surface area contributed by atoms with Crippen LogP contribution in [0, 0.1) is 0 Å². The molecule has 2 heterocycles. The molecule has 1 N–H and O–H groups in total. The molecule has 0 bridgehead atoms. The maximum absolute atomic E-state index is 4.28. The van der Waals surface area contributed by atoms with Crippen molar-refractivity contribution in [1.29, 1.82) is 0 Å². The zero-order valence-electron chi connectivity index (χ0n) is 10.9. The van der Waals surface area contributed by atoms with E-state index < -0.39 is 0 Å². The highest BCUT2D eigenvalue weighted by Crippen LogP contribution is 2.04. The largest absolute Gasteiger partial charge is 0.350 e. The average Bonchev–Trinajstić information content (AvgIpc) is 2.85. The van der Waals surface area contributed by atoms with Crippen LogP contribution in [0.1, 0.15) is 31.4 Å². The molecule has 96 valence electrons. The van der Waals surface area contributed by atoms with E-state index in [4.69, 9.17) is 0 Å². The standard InChI is InChI=1S/C13H19N5/c1-3-5-18-10-12(9-17-18)8-16-13-14-6-11(4-2)7-15-13/h6-7,9-10H,3-5,8H2,1-2H3,(H,14,15,16). The van der Waals surface area contributed by atoms with Crippen molar-refractivity contribution < 1.29 is 0 Å². The SMILES string of the molecule is CCCn1cc(CNc2ncc(CC)cn2)cn1. The normalized spacial score (nSPS) is 10.6. The van der Waals surface area contributed by atoms with Crippen LogP contribution >= 0.6 is 0 Å². The molecule has 0 radical (unpaired) electrons. The fraction of sp³-hybridized carbons (Fsp3) is 0.462. The lowest BCUT2D eigenvalue weighted by atomic mass is 10.3. The Morgan fingerprint density at radius 2 is 1.89 bits per heavy atom. The molecule has 0 unspecified atom stereocenters. The van der Waals surface area contributed by atoms with Crippen molar-refractivity contribution in [2.24, 2.45) is 0 Å². The van der Waals surface area contributed by atoms with Crippen molar-refractivity contribution in [3.8, 4) is 0 Å². The van der Waals surface area contributed by atoms with Gasteiger partial charge in [0.2, 0.25) is 5.95 Å². The number of hydrogen-bond donors (Lipinski definition) is 1. The minimum atomic E-state index is 0.662. The number of hydrogen-bond acceptors (Lipinski definition) is 4. The Balaban J connectivity index is 1.89. The smallest absolute Gasteiger partial charge is 0.222 e. The maximum Gasteiger partial charge on any atom is 0.222 e. The Morgan fingerprint density at radius 1 is 1.11 bits per heavy atom. The molecule has 18 heavy (non-hydrogen) atoms. The van der Waals surface area contributed by atoms with Crippen molar-refractivity contribution >= 4 is 5.95 Å². The van der Waals surface area contributed by atoms with E-state index in [1.165, 1.54) is 0 Å². The van der Waals surface area contributed by atoms with Crippen LogP contribution in [0.25, 0.3) is 0 Å². The molecule has 0 amide bonds. The summed E-state index contributed by atoms with van der Waals surface area (Å²) in [5.74, 6) is 0.662. The van der Waals surface area contributed by atoms with Crippen LogP contribution in [0.15, 0.2) is 24.8 Å². The first-order valence-corrected chi connectivity index (χ1v) is 6.38. The highest BCUT2D eigenvalue weighted by molar-refractivity contribution is 5.26. The van der Waals surface area contributed by atoms with Crippen LogP contribution in [-0.2, 0) is 19.5 Å². The van der Waals surface area contributed by atoms with E-state index in [-0.39, 0.29) is 0 Å². The van der Waals surface area contributed by atoms with E-state index in [1.807, 2.05) is 23.3 Å². The molecule has 5 nitrogen and oxygen atoms in total. The van der Waals surface area contributed by atoms with E-state index >= 15 is 0 Å². The molecule has 0 saturated carbocycles. The topological polar surface area (TPSA) is 55.6 Å². The first-order chi connectivity index (χ1) is 8.81. The van der Waals surface area contributed by atoms with Gasteiger partial charge in [-0.2, -0.15) is 5.10 Å². The number of nitrogens with one attached hydrogen (secondary N) is 1. The molecular weight excluding hydrogens is 226 g/mol. The fourth-order valence-corrected chi connectivity index (χ4v) is 1.66. The Kier molecular flexibility index (Phi) is 4.28. The molecule has 0 saturated heterocycles. The highest BCUT2D eigenvalue weighted by atomic mass is 15.3. The van der Waals surface area contributed by atoms with E-state index in [0.29, 0.717) is 12.5 Å². The fourth-order valence-electron chi connectivity index (χ4n) is 1.66. The number of nitrogens with zero attached hydrogens (tertiary/aromatic N) is 4. The van der Waals surface area contributed by atoms with Gasteiger partial charge in [-0.25, -0.2) is 9.97 Å². The first kappa shape index (κ1) is 12.5. The van der Waals surface area contributed by atoms with Crippen molar-refractivity contribution in [2.45, 2.75) is 39.8 Å². The van der Waals surface area contributed by atoms with Gasteiger partial charge in [0.1, 0.15) is 0 Å². The van der Waals surface area contributed by atoms with E-state index in [0.717, 1.165) is 30.5 Å². The van der Waals surface area contributed by atoms with Crippen LogP contribution in [0.2, 0.25) is 0 Å². The van der Waals surface area contributed by atoms with Gasteiger partial charge in [0.25, 0.3) is 0 Å². The van der Waals surface area contributed by atoms with Gasteiger partial charge in [0.05, 0.1) is 6.20 Å². The molecule has 0 fully saturated rings.